The van der Waals surface area contributed by atoms with Gasteiger partial charge < -0.3 is 14.4 Å². The molecule has 3 rings (SSSR count). The van der Waals surface area contributed by atoms with E-state index in [0.29, 0.717) is 36.5 Å². The van der Waals surface area contributed by atoms with Crippen molar-refractivity contribution in [2.75, 3.05) is 20.8 Å². The molecular formula is C17H19N3O4. The summed E-state index contributed by atoms with van der Waals surface area (Å²) in [6, 6.07) is 7.15. The van der Waals surface area contributed by atoms with Gasteiger partial charge in [0.1, 0.15) is 5.75 Å². The molecular weight excluding hydrogens is 310 g/mol. The van der Waals surface area contributed by atoms with E-state index in [-0.39, 0.29) is 5.91 Å². The lowest BCUT2D eigenvalue weighted by Crippen LogP contribution is -2.37. The Morgan fingerprint density at radius 1 is 1.21 bits per heavy atom. The summed E-state index contributed by atoms with van der Waals surface area (Å²) in [7, 11) is 4.65. The van der Waals surface area contributed by atoms with Crippen LogP contribution in [0.2, 0.25) is 0 Å². The van der Waals surface area contributed by atoms with Crippen LogP contribution < -0.4 is 4.74 Å². The lowest BCUT2D eigenvalue weighted by Gasteiger charge is -2.28. The van der Waals surface area contributed by atoms with Gasteiger partial charge in [-0.05, 0) is 18.6 Å². The van der Waals surface area contributed by atoms with Crippen molar-refractivity contribution < 1.29 is 19.1 Å². The molecule has 0 saturated carbocycles. The largest absolute Gasteiger partial charge is 0.496 e. The maximum absolute atomic E-state index is 12.8. The van der Waals surface area contributed by atoms with Gasteiger partial charge in [-0.25, -0.2) is 4.79 Å². The molecule has 7 nitrogen and oxygen atoms in total. The van der Waals surface area contributed by atoms with Crippen LogP contribution in [0.25, 0.3) is 0 Å². The number of benzene rings is 1. The summed E-state index contributed by atoms with van der Waals surface area (Å²) in [6.07, 6.45) is 0.564. The molecule has 126 valence electrons. The molecule has 0 saturated heterocycles. The molecule has 0 atom stereocenters. The van der Waals surface area contributed by atoms with Crippen molar-refractivity contribution in [3.05, 3.63) is 46.8 Å². The topological polar surface area (TPSA) is 73.7 Å². The summed E-state index contributed by atoms with van der Waals surface area (Å²) >= 11 is 0. The third-order valence-electron chi connectivity index (χ3n) is 4.25. The maximum atomic E-state index is 12.8. The van der Waals surface area contributed by atoms with Gasteiger partial charge in [0.15, 0.2) is 5.69 Å². The zero-order valence-corrected chi connectivity index (χ0v) is 13.9. The van der Waals surface area contributed by atoms with Gasteiger partial charge in [-0.15, -0.1) is 0 Å². The molecule has 2 heterocycles. The minimum absolute atomic E-state index is 0.0982. The summed E-state index contributed by atoms with van der Waals surface area (Å²) in [5.41, 5.74) is 2.57. The van der Waals surface area contributed by atoms with E-state index >= 15 is 0 Å². The van der Waals surface area contributed by atoms with Gasteiger partial charge in [0.05, 0.1) is 32.0 Å². The highest BCUT2D eigenvalue weighted by Gasteiger charge is 2.30. The number of ether oxygens (including phenoxy) is 2. The van der Waals surface area contributed by atoms with Crippen LogP contribution in [0.4, 0.5) is 0 Å². The van der Waals surface area contributed by atoms with Crippen LogP contribution in [0.5, 0.6) is 5.75 Å². The van der Waals surface area contributed by atoms with Gasteiger partial charge in [0.2, 0.25) is 0 Å². The molecule has 2 aromatic rings. The molecule has 0 fully saturated rings. The molecule has 1 aliphatic heterocycles. The van der Waals surface area contributed by atoms with Crippen LogP contribution in [0, 0.1) is 0 Å². The first-order valence-electron chi connectivity index (χ1n) is 7.62. The average molecular weight is 329 g/mol. The maximum Gasteiger partial charge on any atom is 0.358 e. The van der Waals surface area contributed by atoms with Crippen molar-refractivity contribution in [3.8, 4) is 5.75 Å². The van der Waals surface area contributed by atoms with Crippen LogP contribution >= 0.6 is 0 Å². The van der Waals surface area contributed by atoms with E-state index in [1.165, 1.54) is 7.11 Å². The number of carbonyl (C=O) groups excluding carboxylic acids is 2. The fourth-order valence-corrected chi connectivity index (χ4v) is 3.00. The smallest absolute Gasteiger partial charge is 0.358 e. The van der Waals surface area contributed by atoms with Crippen LogP contribution in [0.15, 0.2) is 24.3 Å². The second kappa shape index (κ2) is 6.35. The summed E-state index contributed by atoms with van der Waals surface area (Å²) in [5.74, 6) is 0.00354. The van der Waals surface area contributed by atoms with Crippen LogP contribution in [-0.2, 0) is 24.8 Å². The zero-order valence-electron chi connectivity index (χ0n) is 13.9. The van der Waals surface area contributed by atoms with Gasteiger partial charge in [0.25, 0.3) is 5.91 Å². The van der Waals surface area contributed by atoms with E-state index in [1.54, 1.807) is 35.9 Å². The molecule has 7 heteroatoms. The number of carbonyl (C=O) groups is 2. The van der Waals surface area contributed by atoms with Crippen LogP contribution in [-0.4, -0.2) is 47.3 Å². The van der Waals surface area contributed by atoms with Crippen LogP contribution in [0.3, 0.4) is 0 Å². The Bertz CT molecular complexity index is 797. The number of aromatic nitrogens is 2. The number of hydrogen-bond donors (Lipinski definition) is 0. The third kappa shape index (κ3) is 2.62. The second-order valence-corrected chi connectivity index (χ2v) is 5.57. The molecule has 0 spiro atoms. The summed E-state index contributed by atoms with van der Waals surface area (Å²) in [4.78, 5) is 26.4. The Labute approximate surface area is 139 Å². The summed E-state index contributed by atoms with van der Waals surface area (Å²) < 4.78 is 11.7. The highest BCUT2D eigenvalue weighted by molar-refractivity contribution is 5.97. The van der Waals surface area contributed by atoms with Crippen molar-refractivity contribution in [2.24, 2.45) is 7.05 Å². The van der Waals surface area contributed by atoms with E-state index in [1.807, 2.05) is 12.1 Å². The number of rotatable bonds is 3. The standard InChI is InChI=1S/C17H19N3O4/c1-19-13-10-20(9-8-11(13)15(18-19)17(22)24-3)16(21)12-6-4-5-7-14(12)23-2/h4-7H,8-10H2,1-3H3. The fourth-order valence-electron chi connectivity index (χ4n) is 3.00. The number of para-hydroxylation sites is 1. The summed E-state index contributed by atoms with van der Waals surface area (Å²) in [6.45, 7) is 0.909. The molecule has 0 N–H and O–H groups in total. The Balaban J connectivity index is 1.89. The van der Waals surface area contributed by atoms with Gasteiger partial charge in [-0.3, -0.25) is 9.48 Å². The number of aryl methyl sites for hydroxylation is 1. The fraction of sp³-hybridized carbons (Fsp3) is 0.353. The molecule has 0 bridgehead atoms. The van der Waals surface area contributed by atoms with E-state index in [9.17, 15) is 9.59 Å². The predicted octanol–water partition coefficient (Wildman–Crippen LogP) is 1.41. The van der Waals surface area contributed by atoms with Gasteiger partial charge in [-0.1, -0.05) is 12.1 Å². The van der Waals surface area contributed by atoms with Crippen molar-refractivity contribution in [3.63, 3.8) is 0 Å². The molecule has 1 aromatic heterocycles. The number of hydrogen-bond acceptors (Lipinski definition) is 5. The number of fused-ring (bicyclic) bond motifs is 1. The molecule has 1 aromatic carbocycles. The predicted molar refractivity (Wildman–Crippen MR) is 86.0 cm³/mol. The highest BCUT2D eigenvalue weighted by Crippen LogP contribution is 2.26. The quantitative estimate of drug-likeness (QED) is 0.796. The second-order valence-electron chi connectivity index (χ2n) is 5.57. The highest BCUT2D eigenvalue weighted by atomic mass is 16.5. The number of esters is 1. The molecule has 24 heavy (non-hydrogen) atoms. The Hall–Kier alpha value is -2.83. The third-order valence-corrected chi connectivity index (χ3v) is 4.25. The van der Waals surface area contributed by atoms with Crippen LogP contribution in [0.1, 0.15) is 32.1 Å². The van der Waals surface area contributed by atoms with E-state index in [4.69, 9.17) is 9.47 Å². The Morgan fingerprint density at radius 2 is 1.96 bits per heavy atom. The van der Waals surface area contributed by atoms with Gasteiger partial charge >= 0.3 is 5.97 Å². The van der Waals surface area contributed by atoms with E-state index in [2.05, 4.69) is 5.10 Å². The molecule has 0 radical (unpaired) electrons. The SMILES string of the molecule is COC(=O)c1nn(C)c2c1CCN(C(=O)c1ccccc1OC)C2. The summed E-state index contributed by atoms with van der Waals surface area (Å²) in [5, 5.41) is 4.24. The van der Waals surface area contributed by atoms with Gasteiger partial charge in [-0.2, -0.15) is 5.10 Å². The first kappa shape index (κ1) is 16.0. The van der Waals surface area contributed by atoms with Crippen molar-refractivity contribution in [1.29, 1.82) is 0 Å². The monoisotopic (exact) mass is 329 g/mol. The molecule has 0 aliphatic carbocycles. The zero-order chi connectivity index (χ0) is 17.3. The molecule has 1 aliphatic rings. The number of amides is 1. The lowest BCUT2D eigenvalue weighted by molar-refractivity contribution is 0.0591. The first-order chi connectivity index (χ1) is 11.6. The van der Waals surface area contributed by atoms with Crippen molar-refractivity contribution >= 4 is 11.9 Å². The average Bonchev–Trinajstić information content (AvgIpc) is 2.96. The molecule has 0 unspecified atom stereocenters. The Kier molecular flexibility index (Phi) is 4.24. The van der Waals surface area contributed by atoms with Crippen molar-refractivity contribution in [1.82, 2.24) is 14.7 Å². The lowest BCUT2D eigenvalue weighted by atomic mass is 10.0. The minimum Gasteiger partial charge on any atom is -0.496 e. The molecule has 1 amide bonds. The Morgan fingerprint density at radius 3 is 2.67 bits per heavy atom. The first-order valence-corrected chi connectivity index (χ1v) is 7.62. The normalized spacial score (nSPS) is 13.4. The van der Waals surface area contributed by atoms with E-state index in [0.717, 1.165) is 11.3 Å². The van der Waals surface area contributed by atoms with E-state index < -0.39 is 5.97 Å². The number of nitrogens with zero attached hydrogens (tertiary/aromatic N) is 3. The number of methoxy groups -OCH3 is 2. The minimum atomic E-state index is -0.448. The van der Waals surface area contributed by atoms with Gasteiger partial charge in [0, 0.05) is 19.2 Å². The van der Waals surface area contributed by atoms with Crippen molar-refractivity contribution in [2.45, 2.75) is 13.0 Å².